The molecule has 0 saturated heterocycles. The van der Waals surface area contributed by atoms with E-state index >= 15 is 0 Å². The zero-order valence-electron chi connectivity index (χ0n) is 10.9. The van der Waals surface area contributed by atoms with Gasteiger partial charge in [0.2, 0.25) is 11.7 Å². The predicted molar refractivity (Wildman–Crippen MR) is 64.6 cm³/mol. The van der Waals surface area contributed by atoms with E-state index in [1.54, 1.807) is 13.0 Å². The van der Waals surface area contributed by atoms with Crippen LogP contribution in [0.3, 0.4) is 0 Å². The van der Waals surface area contributed by atoms with E-state index in [1.165, 1.54) is 12.3 Å². The summed E-state index contributed by atoms with van der Waals surface area (Å²) in [6, 6.07) is 3.07. The minimum absolute atomic E-state index is 0.143. The summed E-state index contributed by atoms with van der Waals surface area (Å²) in [5.41, 5.74) is 6.02. The molecule has 21 heavy (non-hydrogen) atoms. The summed E-state index contributed by atoms with van der Waals surface area (Å²) < 4.78 is 41.1. The van der Waals surface area contributed by atoms with Crippen LogP contribution in [0.25, 0.3) is 11.5 Å². The number of carbonyl (C=O) groups is 1. The van der Waals surface area contributed by atoms with Crippen LogP contribution in [0.5, 0.6) is 0 Å². The molecule has 0 aliphatic carbocycles. The highest BCUT2D eigenvalue weighted by Gasteiger charge is 2.38. The summed E-state index contributed by atoms with van der Waals surface area (Å²) in [6.45, 7) is 1.67. The first-order chi connectivity index (χ1) is 9.77. The lowest BCUT2D eigenvalue weighted by Crippen LogP contribution is -2.22. The summed E-state index contributed by atoms with van der Waals surface area (Å²) in [5.74, 6) is -2.48. The quantitative estimate of drug-likeness (QED) is 0.929. The molecule has 2 rings (SSSR count). The van der Waals surface area contributed by atoms with Crippen molar-refractivity contribution in [3.8, 4) is 11.5 Å². The molecular weight excluding hydrogens is 289 g/mol. The topological polar surface area (TPSA) is 94.9 Å². The Morgan fingerprint density at radius 3 is 2.62 bits per heavy atom. The van der Waals surface area contributed by atoms with Crippen LogP contribution >= 0.6 is 0 Å². The van der Waals surface area contributed by atoms with Crippen molar-refractivity contribution >= 4 is 5.91 Å². The minimum atomic E-state index is -4.69. The van der Waals surface area contributed by atoms with Crippen molar-refractivity contribution in [2.75, 3.05) is 0 Å². The number of aromatic nitrogens is 3. The minimum Gasteiger partial charge on any atom is -0.369 e. The maximum Gasteiger partial charge on any atom is 0.471 e. The van der Waals surface area contributed by atoms with Crippen LogP contribution in [0.15, 0.2) is 22.9 Å². The van der Waals surface area contributed by atoms with Crippen molar-refractivity contribution in [2.24, 2.45) is 11.7 Å². The highest BCUT2D eigenvalue weighted by molar-refractivity contribution is 5.76. The van der Waals surface area contributed by atoms with Crippen molar-refractivity contribution in [1.29, 1.82) is 0 Å². The van der Waals surface area contributed by atoms with Gasteiger partial charge in [-0.1, -0.05) is 18.1 Å². The second-order valence-electron chi connectivity index (χ2n) is 4.48. The maximum atomic E-state index is 12.3. The van der Waals surface area contributed by atoms with Gasteiger partial charge in [0.1, 0.15) is 5.69 Å². The molecule has 1 amide bonds. The Labute approximate surface area is 117 Å². The van der Waals surface area contributed by atoms with Gasteiger partial charge in [0.05, 0.1) is 0 Å². The van der Waals surface area contributed by atoms with Gasteiger partial charge in [-0.2, -0.15) is 18.2 Å². The molecule has 2 aromatic heterocycles. The summed E-state index contributed by atoms with van der Waals surface area (Å²) in [4.78, 5) is 18.1. The number of rotatable bonds is 4. The Kier molecular flexibility index (Phi) is 3.92. The average molecular weight is 300 g/mol. The molecule has 6 nitrogen and oxygen atoms in total. The van der Waals surface area contributed by atoms with E-state index < -0.39 is 18.0 Å². The largest absolute Gasteiger partial charge is 0.471 e. The maximum absolute atomic E-state index is 12.3. The molecule has 9 heteroatoms. The first-order valence-corrected chi connectivity index (χ1v) is 5.93. The van der Waals surface area contributed by atoms with Gasteiger partial charge in [-0.3, -0.25) is 9.78 Å². The summed E-state index contributed by atoms with van der Waals surface area (Å²) >= 11 is 0. The Morgan fingerprint density at radius 1 is 1.43 bits per heavy atom. The van der Waals surface area contributed by atoms with Gasteiger partial charge in [-0.05, 0) is 18.1 Å². The number of halogens is 3. The summed E-state index contributed by atoms with van der Waals surface area (Å²) in [6.07, 6.45) is -2.87. The molecule has 0 fully saturated rings. The van der Waals surface area contributed by atoms with Crippen molar-refractivity contribution in [2.45, 2.75) is 19.5 Å². The van der Waals surface area contributed by atoms with Crippen LogP contribution in [0.1, 0.15) is 18.4 Å². The second kappa shape index (κ2) is 5.51. The van der Waals surface area contributed by atoms with Gasteiger partial charge in [-0.15, -0.1) is 0 Å². The lowest BCUT2D eigenvalue weighted by atomic mass is 10.0. The highest BCUT2D eigenvalue weighted by atomic mass is 19.4. The van der Waals surface area contributed by atoms with E-state index in [4.69, 9.17) is 5.73 Å². The van der Waals surface area contributed by atoms with E-state index in [2.05, 4.69) is 19.6 Å². The van der Waals surface area contributed by atoms with E-state index in [1.807, 2.05) is 0 Å². The molecule has 0 radical (unpaired) electrons. The molecule has 2 N–H and O–H groups in total. The van der Waals surface area contributed by atoms with Gasteiger partial charge in [-0.25, -0.2) is 0 Å². The monoisotopic (exact) mass is 300 g/mol. The highest BCUT2D eigenvalue weighted by Crippen LogP contribution is 2.28. The van der Waals surface area contributed by atoms with Crippen LogP contribution in [0, 0.1) is 5.92 Å². The standard InChI is InChI=1S/C12H11F3N4O2/c1-6(9(16)20)4-7-2-3-8(17-5-7)10-18-11(21-19-10)12(13,14)15/h2-3,5-6H,4H2,1H3,(H2,16,20). The smallest absolute Gasteiger partial charge is 0.369 e. The van der Waals surface area contributed by atoms with Crippen LogP contribution in [0.2, 0.25) is 0 Å². The third-order valence-electron chi connectivity index (χ3n) is 2.75. The normalized spacial score (nSPS) is 13.1. The number of pyridine rings is 1. The molecule has 0 saturated carbocycles. The number of hydrogen-bond donors (Lipinski definition) is 1. The van der Waals surface area contributed by atoms with Crippen molar-refractivity contribution in [3.05, 3.63) is 29.8 Å². The van der Waals surface area contributed by atoms with E-state index in [0.29, 0.717) is 6.42 Å². The Bertz CT molecular complexity index is 637. The number of nitrogens with zero attached hydrogens (tertiary/aromatic N) is 3. The molecular formula is C12H11F3N4O2. The van der Waals surface area contributed by atoms with Crippen LogP contribution in [-0.2, 0) is 17.4 Å². The van der Waals surface area contributed by atoms with Crippen molar-refractivity contribution < 1.29 is 22.5 Å². The average Bonchev–Trinajstić information content (AvgIpc) is 2.89. The molecule has 0 aliphatic heterocycles. The number of amides is 1. The molecule has 0 aliphatic rings. The summed E-state index contributed by atoms with van der Waals surface area (Å²) in [5, 5.41) is 3.23. The molecule has 1 atom stereocenters. The van der Waals surface area contributed by atoms with Crippen LogP contribution in [-0.4, -0.2) is 21.0 Å². The number of carbonyl (C=O) groups excluding carboxylic acids is 1. The van der Waals surface area contributed by atoms with Crippen LogP contribution < -0.4 is 5.73 Å². The number of nitrogens with two attached hydrogens (primary N) is 1. The van der Waals surface area contributed by atoms with E-state index in [-0.39, 0.29) is 17.4 Å². The Morgan fingerprint density at radius 2 is 2.14 bits per heavy atom. The fourth-order valence-corrected chi connectivity index (χ4v) is 1.57. The van der Waals surface area contributed by atoms with Gasteiger partial charge in [0.15, 0.2) is 0 Å². The summed E-state index contributed by atoms with van der Waals surface area (Å²) in [7, 11) is 0. The first kappa shape index (κ1) is 14.9. The van der Waals surface area contributed by atoms with Crippen molar-refractivity contribution in [1.82, 2.24) is 15.1 Å². The Balaban J connectivity index is 2.15. The fraction of sp³-hybridized carbons (Fsp3) is 0.333. The number of hydrogen-bond acceptors (Lipinski definition) is 5. The van der Waals surface area contributed by atoms with Gasteiger partial charge in [0.25, 0.3) is 0 Å². The molecule has 0 spiro atoms. The zero-order valence-corrected chi connectivity index (χ0v) is 10.9. The molecule has 112 valence electrons. The lowest BCUT2D eigenvalue weighted by Gasteiger charge is -2.06. The Hall–Kier alpha value is -2.45. The predicted octanol–water partition coefficient (Wildman–Crippen LogP) is 1.81. The molecule has 1 unspecified atom stereocenters. The van der Waals surface area contributed by atoms with Gasteiger partial charge < -0.3 is 10.3 Å². The molecule has 0 bridgehead atoms. The first-order valence-electron chi connectivity index (χ1n) is 5.93. The SMILES string of the molecule is CC(Cc1ccc(-c2noc(C(F)(F)F)n2)nc1)C(N)=O. The van der Waals surface area contributed by atoms with E-state index in [0.717, 1.165) is 5.56 Å². The third-order valence-corrected chi connectivity index (χ3v) is 2.75. The second-order valence-corrected chi connectivity index (χ2v) is 4.48. The molecule has 2 heterocycles. The fourth-order valence-electron chi connectivity index (χ4n) is 1.57. The molecule has 0 aromatic carbocycles. The lowest BCUT2D eigenvalue weighted by molar-refractivity contribution is -0.159. The van der Waals surface area contributed by atoms with E-state index in [9.17, 15) is 18.0 Å². The number of primary amides is 1. The van der Waals surface area contributed by atoms with Crippen LogP contribution in [0.4, 0.5) is 13.2 Å². The number of alkyl halides is 3. The van der Waals surface area contributed by atoms with Crippen molar-refractivity contribution in [3.63, 3.8) is 0 Å². The third kappa shape index (κ3) is 3.56. The molecule has 2 aromatic rings. The van der Waals surface area contributed by atoms with Gasteiger partial charge >= 0.3 is 12.1 Å². The van der Waals surface area contributed by atoms with Gasteiger partial charge in [0, 0.05) is 12.1 Å². The zero-order chi connectivity index (χ0) is 15.6.